The number of benzene rings is 2. The lowest BCUT2D eigenvalue weighted by Crippen LogP contribution is -2.12. The molecule has 0 bridgehead atoms. The number of alkyl halides is 3. The second kappa shape index (κ2) is 9.83. The van der Waals surface area contributed by atoms with Crippen LogP contribution in [0.5, 0.6) is 0 Å². The number of aromatic nitrogens is 4. The predicted octanol–water partition coefficient (Wildman–Crippen LogP) is 7.89. The number of hydrogen-bond donors (Lipinski definition) is 0. The van der Waals surface area contributed by atoms with Crippen LogP contribution in [0.15, 0.2) is 67.3 Å². The normalized spacial score (nSPS) is 12.7. The zero-order valence-corrected chi connectivity index (χ0v) is 21.6. The summed E-state index contributed by atoms with van der Waals surface area (Å²) in [5.74, 6) is -0.850. The topological polar surface area (TPSA) is 43.6 Å². The van der Waals surface area contributed by atoms with Crippen LogP contribution in [-0.4, -0.2) is 19.5 Å². The van der Waals surface area contributed by atoms with Gasteiger partial charge in [-0.05, 0) is 59.9 Å². The molecular formula is C29H23ClF4N4. The van der Waals surface area contributed by atoms with E-state index in [1.807, 2.05) is 37.6 Å². The van der Waals surface area contributed by atoms with Gasteiger partial charge in [0.05, 0.1) is 28.5 Å². The summed E-state index contributed by atoms with van der Waals surface area (Å²) in [4.78, 5) is 12.8. The second-order valence-corrected chi connectivity index (χ2v) is 9.56. The summed E-state index contributed by atoms with van der Waals surface area (Å²) in [6, 6.07) is 12.5. The third-order valence-corrected chi connectivity index (χ3v) is 7.05. The maximum absolute atomic E-state index is 14.1. The van der Waals surface area contributed by atoms with E-state index in [2.05, 4.69) is 9.97 Å². The van der Waals surface area contributed by atoms with E-state index in [1.54, 1.807) is 24.7 Å². The van der Waals surface area contributed by atoms with Crippen molar-refractivity contribution in [2.24, 2.45) is 7.05 Å². The average Bonchev–Trinajstić information content (AvgIpc) is 3.29. The summed E-state index contributed by atoms with van der Waals surface area (Å²) in [7, 11) is 1.82. The van der Waals surface area contributed by atoms with Crippen LogP contribution < -0.4 is 0 Å². The first-order chi connectivity index (χ1) is 18.1. The SMILES string of the molecule is CCc1nc2c(C)cc(C(c3ccc(C(F)(F)F)nc3)c3cncn3C)cc2c(Cl)c1-c1cccc(F)c1. The molecule has 9 heteroatoms. The third-order valence-electron chi connectivity index (χ3n) is 6.66. The lowest BCUT2D eigenvalue weighted by Gasteiger charge is -2.21. The Bertz CT molecular complexity index is 1640. The molecule has 0 saturated heterocycles. The molecule has 0 spiro atoms. The van der Waals surface area contributed by atoms with Gasteiger partial charge in [0.15, 0.2) is 0 Å². The molecule has 5 aromatic rings. The van der Waals surface area contributed by atoms with Crippen LogP contribution >= 0.6 is 11.6 Å². The maximum atomic E-state index is 14.1. The number of fused-ring (bicyclic) bond motifs is 1. The van der Waals surface area contributed by atoms with Crippen molar-refractivity contribution in [2.45, 2.75) is 32.4 Å². The fourth-order valence-corrected chi connectivity index (χ4v) is 5.22. The van der Waals surface area contributed by atoms with Gasteiger partial charge >= 0.3 is 6.18 Å². The molecule has 0 aliphatic carbocycles. The molecule has 0 aliphatic rings. The van der Waals surface area contributed by atoms with E-state index in [0.29, 0.717) is 39.0 Å². The van der Waals surface area contributed by atoms with Crippen LogP contribution in [0.25, 0.3) is 22.0 Å². The molecule has 4 nitrogen and oxygen atoms in total. The fraction of sp³-hybridized carbons (Fsp3) is 0.207. The Kier molecular flexibility index (Phi) is 6.69. The highest BCUT2D eigenvalue weighted by Gasteiger charge is 2.33. The van der Waals surface area contributed by atoms with Crippen LogP contribution in [0.4, 0.5) is 17.6 Å². The number of nitrogens with zero attached hydrogens (tertiary/aromatic N) is 4. The molecule has 1 atom stereocenters. The van der Waals surface area contributed by atoms with E-state index in [4.69, 9.17) is 16.6 Å². The Morgan fingerprint density at radius 2 is 1.82 bits per heavy atom. The van der Waals surface area contributed by atoms with Gasteiger partial charge in [-0.1, -0.05) is 42.8 Å². The second-order valence-electron chi connectivity index (χ2n) is 9.18. The van der Waals surface area contributed by atoms with Crippen LogP contribution in [0.2, 0.25) is 5.02 Å². The summed E-state index contributed by atoms with van der Waals surface area (Å²) in [6.45, 7) is 3.88. The Morgan fingerprint density at radius 3 is 2.42 bits per heavy atom. The summed E-state index contributed by atoms with van der Waals surface area (Å²) < 4.78 is 55.5. The minimum atomic E-state index is -4.54. The zero-order chi connectivity index (χ0) is 27.2. The van der Waals surface area contributed by atoms with Crippen LogP contribution in [0, 0.1) is 12.7 Å². The monoisotopic (exact) mass is 538 g/mol. The molecular weight excluding hydrogens is 516 g/mol. The van der Waals surface area contributed by atoms with Crippen molar-refractivity contribution in [1.29, 1.82) is 0 Å². The van der Waals surface area contributed by atoms with Crippen molar-refractivity contribution < 1.29 is 17.6 Å². The lowest BCUT2D eigenvalue weighted by atomic mass is 9.87. The largest absolute Gasteiger partial charge is 0.433 e. The van der Waals surface area contributed by atoms with E-state index in [0.717, 1.165) is 28.6 Å². The van der Waals surface area contributed by atoms with E-state index in [-0.39, 0.29) is 5.82 Å². The first kappa shape index (κ1) is 25.9. The predicted molar refractivity (Wildman–Crippen MR) is 140 cm³/mol. The van der Waals surface area contributed by atoms with Crippen LogP contribution in [-0.2, 0) is 19.6 Å². The number of hydrogen-bond acceptors (Lipinski definition) is 3. The van der Waals surface area contributed by atoms with Gasteiger partial charge in [-0.3, -0.25) is 9.97 Å². The molecule has 0 N–H and O–H groups in total. The number of rotatable bonds is 5. The van der Waals surface area contributed by atoms with Gasteiger partial charge in [0.1, 0.15) is 11.5 Å². The molecule has 2 aromatic carbocycles. The van der Waals surface area contributed by atoms with Crippen molar-refractivity contribution in [3.63, 3.8) is 0 Å². The smallest absolute Gasteiger partial charge is 0.337 e. The van der Waals surface area contributed by atoms with Gasteiger partial charge in [0.25, 0.3) is 0 Å². The molecule has 0 amide bonds. The molecule has 194 valence electrons. The molecule has 1 unspecified atom stereocenters. The van der Waals surface area contributed by atoms with Crippen molar-refractivity contribution in [2.75, 3.05) is 0 Å². The highest BCUT2D eigenvalue weighted by atomic mass is 35.5. The van der Waals surface area contributed by atoms with Gasteiger partial charge in [0.2, 0.25) is 0 Å². The minimum Gasteiger partial charge on any atom is -0.337 e. The number of aryl methyl sites for hydroxylation is 3. The van der Waals surface area contributed by atoms with E-state index < -0.39 is 17.8 Å². The van der Waals surface area contributed by atoms with Gasteiger partial charge in [-0.2, -0.15) is 13.2 Å². The first-order valence-electron chi connectivity index (χ1n) is 12.0. The Hall–Kier alpha value is -3.78. The van der Waals surface area contributed by atoms with Gasteiger partial charge in [-0.25, -0.2) is 9.37 Å². The Balaban J connectivity index is 1.75. The molecule has 3 heterocycles. The van der Waals surface area contributed by atoms with Crippen molar-refractivity contribution in [3.8, 4) is 11.1 Å². The zero-order valence-electron chi connectivity index (χ0n) is 20.8. The standard InChI is InChI=1S/C29H23ClF4N4/c1-4-22-26(17-6-5-7-20(31)11-17)27(30)21-12-19(10-16(2)28(21)37-22)25(23-14-35-15-38(23)3)18-8-9-24(36-13-18)29(32,33)34/h5-15,25H,4H2,1-3H3. The fourth-order valence-electron chi connectivity index (χ4n) is 4.86. The molecule has 0 fully saturated rings. The maximum Gasteiger partial charge on any atom is 0.433 e. The molecule has 5 rings (SSSR count). The Morgan fingerprint density at radius 1 is 1.03 bits per heavy atom. The summed E-state index contributed by atoms with van der Waals surface area (Å²) in [6.07, 6.45) is 0.622. The molecule has 3 aromatic heterocycles. The number of imidazole rings is 1. The lowest BCUT2D eigenvalue weighted by molar-refractivity contribution is -0.141. The molecule has 38 heavy (non-hydrogen) atoms. The molecule has 0 aliphatic heterocycles. The van der Waals surface area contributed by atoms with Crippen LogP contribution in [0.1, 0.15) is 46.6 Å². The van der Waals surface area contributed by atoms with E-state index in [9.17, 15) is 17.6 Å². The summed E-state index contributed by atoms with van der Waals surface area (Å²) >= 11 is 7.02. The van der Waals surface area contributed by atoms with Crippen LogP contribution in [0.3, 0.4) is 0 Å². The van der Waals surface area contributed by atoms with Crippen molar-refractivity contribution in [1.82, 2.24) is 19.5 Å². The highest BCUT2D eigenvalue weighted by Crippen LogP contribution is 2.41. The van der Waals surface area contributed by atoms with Gasteiger partial charge in [0, 0.05) is 36.1 Å². The number of pyridine rings is 2. The van der Waals surface area contributed by atoms with E-state index in [1.165, 1.54) is 24.4 Å². The third kappa shape index (κ3) is 4.65. The number of halogens is 5. The Labute approximate surface area is 222 Å². The molecule has 0 saturated carbocycles. The van der Waals surface area contributed by atoms with Gasteiger partial charge in [-0.15, -0.1) is 0 Å². The summed E-state index contributed by atoms with van der Waals surface area (Å²) in [5, 5.41) is 1.11. The van der Waals surface area contributed by atoms with Gasteiger partial charge < -0.3 is 4.57 Å². The first-order valence-corrected chi connectivity index (χ1v) is 12.3. The quantitative estimate of drug-likeness (QED) is 0.214. The average molecular weight is 539 g/mol. The van der Waals surface area contributed by atoms with Crippen molar-refractivity contribution >= 4 is 22.5 Å². The summed E-state index contributed by atoms with van der Waals surface area (Å²) in [5.41, 5.74) is 4.77. The minimum absolute atomic E-state index is 0.378. The van der Waals surface area contributed by atoms with E-state index >= 15 is 0 Å². The highest BCUT2D eigenvalue weighted by molar-refractivity contribution is 6.38. The van der Waals surface area contributed by atoms with Crippen molar-refractivity contribution in [3.05, 3.63) is 112 Å². The molecule has 0 radical (unpaired) electrons.